The molecule has 0 N–H and O–H groups in total. The Balaban J connectivity index is 1.28. The summed E-state index contributed by atoms with van der Waals surface area (Å²) in [4.78, 5) is 4.63. The minimum atomic E-state index is 0.751. The molecule has 0 unspecified atom stereocenters. The zero-order chi connectivity index (χ0) is 26.3. The van der Waals surface area contributed by atoms with E-state index in [0.717, 1.165) is 56.4 Å². The van der Waals surface area contributed by atoms with Crippen molar-refractivity contribution in [2.45, 2.75) is 13.8 Å². The molecule has 3 heterocycles. The molecule has 188 valence electrons. The summed E-state index contributed by atoms with van der Waals surface area (Å²) in [6, 6.07) is 39.1. The van der Waals surface area contributed by atoms with Crippen LogP contribution >= 0.6 is 0 Å². The van der Waals surface area contributed by atoms with Crippen molar-refractivity contribution in [1.29, 1.82) is 0 Å². The maximum Gasteiger partial charge on any atom is 0.137 e. The van der Waals surface area contributed by atoms with Crippen molar-refractivity contribution in [1.82, 2.24) is 19.3 Å². The van der Waals surface area contributed by atoms with Crippen molar-refractivity contribution >= 4 is 21.8 Å². The number of aryl methyl sites for hydroxylation is 1. The molecule has 0 bridgehead atoms. The van der Waals surface area contributed by atoms with Crippen LogP contribution in [0, 0.1) is 13.8 Å². The zero-order valence-corrected chi connectivity index (χ0v) is 21.7. The Morgan fingerprint density at radius 1 is 0.641 bits per heavy atom. The van der Waals surface area contributed by atoms with Gasteiger partial charge < -0.3 is 4.74 Å². The smallest absolute Gasteiger partial charge is 0.137 e. The second kappa shape index (κ2) is 9.30. The Kier molecular flexibility index (Phi) is 5.48. The number of para-hydroxylation sites is 1. The first kappa shape index (κ1) is 23.0. The highest BCUT2D eigenvalue weighted by Gasteiger charge is 2.16. The van der Waals surface area contributed by atoms with Crippen molar-refractivity contribution in [2.75, 3.05) is 0 Å². The van der Waals surface area contributed by atoms with Crippen LogP contribution in [0.15, 0.2) is 121 Å². The van der Waals surface area contributed by atoms with E-state index in [2.05, 4.69) is 90.1 Å². The van der Waals surface area contributed by atoms with Crippen LogP contribution in [0.25, 0.3) is 44.4 Å². The Morgan fingerprint density at radius 2 is 1.41 bits per heavy atom. The van der Waals surface area contributed by atoms with Gasteiger partial charge in [-0.3, -0.25) is 4.57 Å². The molecular weight excluding hydrogens is 480 g/mol. The Labute approximate surface area is 226 Å². The molecule has 5 heteroatoms. The van der Waals surface area contributed by atoms with E-state index >= 15 is 0 Å². The van der Waals surface area contributed by atoms with Gasteiger partial charge in [0.25, 0.3) is 0 Å². The minimum absolute atomic E-state index is 0.751. The first-order chi connectivity index (χ1) is 19.2. The molecular formula is C34H26N4O. The van der Waals surface area contributed by atoms with Crippen molar-refractivity contribution in [2.24, 2.45) is 0 Å². The molecule has 0 aliphatic rings. The summed E-state index contributed by atoms with van der Waals surface area (Å²) in [5.41, 5.74) is 7.55. The van der Waals surface area contributed by atoms with Gasteiger partial charge in [-0.15, -0.1) is 0 Å². The first-order valence-corrected chi connectivity index (χ1v) is 13.0. The molecule has 4 aromatic carbocycles. The van der Waals surface area contributed by atoms with Gasteiger partial charge in [-0.2, -0.15) is 5.10 Å². The molecule has 0 spiro atoms. The van der Waals surface area contributed by atoms with Gasteiger partial charge in [-0.1, -0.05) is 60.7 Å². The third-order valence-corrected chi connectivity index (χ3v) is 7.18. The highest BCUT2D eigenvalue weighted by atomic mass is 16.5. The van der Waals surface area contributed by atoms with Gasteiger partial charge in [0.05, 0.1) is 22.4 Å². The van der Waals surface area contributed by atoms with Crippen molar-refractivity contribution in [3.63, 3.8) is 0 Å². The number of fused-ring (bicyclic) bond motifs is 3. The lowest BCUT2D eigenvalue weighted by atomic mass is 10.0. The van der Waals surface area contributed by atoms with Gasteiger partial charge in [0.15, 0.2) is 0 Å². The van der Waals surface area contributed by atoms with E-state index in [4.69, 9.17) is 9.84 Å². The highest BCUT2D eigenvalue weighted by Crippen LogP contribution is 2.35. The van der Waals surface area contributed by atoms with Crippen LogP contribution in [0.1, 0.15) is 11.4 Å². The lowest BCUT2D eigenvalue weighted by molar-refractivity contribution is 0.483. The zero-order valence-electron chi connectivity index (χ0n) is 21.7. The highest BCUT2D eigenvalue weighted by molar-refractivity contribution is 6.09. The van der Waals surface area contributed by atoms with Crippen LogP contribution in [0.4, 0.5) is 0 Å². The predicted molar refractivity (Wildman–Crippen MR) is 157 cm³/mol. The number of rotatable bonds is 5. The van der Waals surface area contributed by atoms with E-state index in [0.29, 0.717) is 0 Å². The Hall–Kier alpha value is -5.16. The van der Waals surface area contributed by atoms with E-state index < -0.39 is 0 Å². The fourth-order valence-electron chi connectivity index (χ4n) is 5.48. The summed E-state index contributed by atoms with van der Waals surface area (Å²) in [6.07, 6.45) is 1.82. The SMILES string of the molecule is Cc1nn(-c2cccc(Oc3ccc4c5ccccc5n(-c5ccccn5)c4c3)c2)c(C)c1-c1ccccc1. The van der Waals surface area contributed by atoms with Crippen molar-refractivity contribution in [3.05, 3.63) is 133 Å². The average Bonchev–Trinajstić information content (AvgIpc) is 3.47. The average molecular weight is 507 g/mol. The second-order valence-corrected chi connectivity index (χ2v) is 9.64. The second-order valence-electron chi connectivity index (χ2n) is 9.64. The molecule has 0 aliphatic carbocycles. The molecule has 5 nitrogen and oxygen atoms in total. The molecule has 0 atom stereocenters. The van der Waals surface area contributed by atoms with Gasteiger partial charge in [-0.25, -0.2) is 9.67 Å². The van der Waals surface area contributed by atoms with Crippen LogP contribution in [0.2, 0.25) is 0 Å². The van der Waals surface area contributed by atoms with Crippen molar-refractivity contribution < 1.29 is 4.74 Å². The summed E-state index contributed by atoms with van der Waals surface area (Å²) in [5, 5.41) is 7.21. The maximum absolute atomic E-state index is 6.42. The topological polar surface area (TPSA) is 44.9 Å². The van der Waals surface area contributed by atoms with Crippen LogP contribution in [-0.4, -0.2) is 19.3 Å². The van der Waals surface area contributed by atoms with E-state index in [1.165, 1.54) is 10.9 Å². The van der Waals surface area contributed by atoms with Gasteiger partial charge in [0, 0.05) is 40.4 Å². The monoisotopic (exact) mass is 506 g/mol. The molecule has 7 rings (SSSR count). The number of nitrogens with zero attached hydrogens (tertiary/aromatic N) is 4. The molecule has 0 radical (unpaired) electrons. The molecule has 0 saturated carbocycles. The third kappa shape index (κ3) is 3.96. The van der Waals surface area contributed by atoms with Gasteiger partial charge in [0.1, 0.15) is 17.3 Å². The van der Waals surface area contributed by atoms with Crippen molar-refractivity contribution in [3.8, 4) is 34.1 Å². The van der Waals surface area contributed by atoms with E-state index in [-0.39, 0.29) is 0 Å². The van der Waals surface area contributed by atoms with E-state index in [9.17, 15) is 0 Å². The minimum Gasteiger partial charge on any atom is -0.457 e. The van der Waals surface area contributed by atoms with Gasteiger partial charge in [0.2, 0.25) is 0 Å². The fourth-order valence-corrected chi connectivity index (χ4v) is 5.48. The lowest BCUT2D eigenvalue weighted by Gasteiger charge is -2.11. The summed E-state index contributed by atoms with van der Waals surface area (Å²) in [5.74, 6) is 2.39. The van der Waals surface area contributed by atoms with Crippen LogP contribution < -0.4 is 4.74 Å². The van der Waals surface area contributed by atoms with Crippen LogP contribution in [0.3, 0.4) is 0 Å². The number of hydrogen-bond acceptors (Lipinski definition) is 3. The summed E-state index contributed by atoms with van der Waals surface area (Å²) in [6.45, 7) is 4.17. The number of pyridine rings is 1. The summed E-state index contributed by atoms with van der Waals surface area (Å²) < 4.78 is 10.6. The maximum atomic E-state index is 6.42. The summed E-state index contributed by atoms with van der Waals surface area (Å²) >= 11 is 0. The molecule has 39 heavy (non-hydrogen) atoms. The fraction of sp³-hybridized carbons (Fsp3) is 0.0588. The third-order valence-electron chi connectivity index (χ3n) is 7.18. The molecule has 7 aromatic rings. The Morgan fingerprint density at radius 3 is 2.26 bits per heavy atom. The standard InChI is InChI=1S/C34H26N4O/c1-23-34(25-11-4-3-5-12-25)24(2)38(36-23)26-13-10-14-27(21-26)39-28-18-19-30-29-15-6-7-16-31(29)37(32(30)22-28)33-17-8-9-20-35-33/h3-22H,1-2H3. The Bertz CT molecular complexity index is 1950. The quantitative estimate of drug-likeness (QED) is 0.235. The van der Waals surface area contributed by atoms with E-state index in [1.54, 1.807) is 0 Å². The van der Waals surface area contributed by atoms with Crippen LogP contribution in [0.5, 0.6) is 11.5 Å². The predicted octanol–water partition coefficient (Wildman–Crippen LogP) is 8.44. The number of benzene rings is 4. The molecule has 3 aromatic heterocycles. The van der Waals surface area contributed by atoms with E-state index in [1.807, 2.05) is 59.4 Å². The largest absolute Gasteiger partial charge is 0.457 e. The molecule has 0 fully saturated rings. The number of hydrogen-bond donors (Lipinski definition) is 0. The summed E-state index contributed by atoms with van der Waals surface area (Å²) in [7, 11) is 0. The van der Waals surface area contributed by atoms with Crippen LogP contribution in [-0.2, 0) is 0 Å². The lowest BCUT2D eigenvalue weighted by Crippen LogP contribution is -1.99. The molecule has 0 saturated heterocycles. The van der Waals surface area contributed by atoms with Gasteiger partial charge in [-0.05, 0) is 61.9 Å². The first-order valence-electron chi connectivity index (χ1n) is 13.0. The number of aromatic nitrogens is 4. The molecule has 0 aliphatic heterocycles. The normalized spacial score (nSPS) is 11.3. The number of ether oxygens (including phenoxy) is 1. The van der Waals surface area contributed by atoms with Gasteiger partial charge >= 0.3 is 0 Å². The molecule has 0 amide bonds.